The van der Waals surface area contributed by atoms with Gasteiger partial charge in [-0.3, -0.25) is 4.79 Å². The van der Waals surface area contributed by atoms with E-state index in [9.17, 15) is 9.90 Å². The molecular formula is C15H24O2. The van der Waals surface area contributed by atoms with Crippen molar-refractivity contribution in [2.45, 2.75) is 52.4 Å². The number of aliphatic hydroxyl groups excluding tert-OH is 1. The monoisotopic (exact) mass is 236 g/mol. The lowest BCUT2D eigenvalue weighted by Crippen LogP contribution is -2.32. The van der Waals surface area contributed by atoms with Crippen molar-refractivity contribution >= 4 is 5.78 Å². The van der Waals surface area contributed by atoms with E-state index in [0.717, 1.165) is 19.3 Å². The molecule has 1 spiro atoms. The van der Waals surface area contributed by atoms with E-state index in [2.05, 4.69) is 13.8 Å². The molecule has 2 heteroatoms. The first-order valence-corrected chi connectivity index (χ1v) is 7.23. The molecule has 0 saturated heterocycles. The van der Waals surface area contributed by atoms with Crippen molar-refractivity contribution in [2.75, 3.05) is 6.61 Å². The van der Waals surface area contributed by atoms with Crippen molar-refractivity contribution in [1.29, 1.82) is 0 Å². The van der Waals surface area contributed by atoms with Crippen molar-refractivity contribution < 1.29 is 9.90 Å². The first-order valence-electron chi connectivity index (χ1n) is 7.23. The second-order valence-corrected chi connectivity index (χ2v) is 6.81. The molecule has 4 atom stereocenters. The summed E-state index contributed by atoms with van der Waals surface area (Å²) in [5, 5.41) is 9.24. The molecule has 0 aromatic rings. The molecule has 96 valence electrons. The third kappa shape index (κ3) is 1.39. The zero-order chi connectivity index (χ0) is 12.3. The Bertz CT molecular complexity index is 345. The fourth-order valence-electron chi connectivity index (χ4n) is 4.79. The summed E-state index contributed by atoms with van der Waals surface area (Å²) in [4.78, 5) is 12.4. The van der Waals surface area contributed by atoms with Crippen molar-refractivity contribution in [3.05, 3.63) is 0 Å². The largest absolute Gasteiger partial charge is 0.396 e. The van der Waals surface area contributed by atoms with E-state index in [4.69, 9.17) is 0 Å². The molecule has 1 unspecified atom stereocenters. The lowest BCUT2D eigenvalue weighted by molar-refractivity contribution is -0.127. The van der Waals surface area contributed by atoms with Crippen LogP contribution < -0.4 is 0 Å². The van der Waals surface area contributed by atoms with Gasteiger partial charge in [-0.25, -0.2) is 0 Å². The molecule has 3 aliphatic rings. The van der Waals surface area contributed by atoms with E-state index in [1.807, 2.05) is 0 Å². The average molecular weight is 236 g/mol. The number of ketones is 1. The summed E-state index contributed by atoms with van der Waals surface area (Å²) < 4.78 is 0. The lowest BCUT2D eigenvalue weighted by atomic mass is 9.69. The van der Waals surface area contributed by atoms with Crippen LogP contribution in [0.15, 0.2) is 0 Å². The molecular weight excluding hydrogens is 212 g/mol. The smallest absolute Gasteiger partial charge is 0.139 e. The Balaban J connectivity index is 1.84. The highest BCUT2D eigenvalue weighted by Gasteiger charge is 2.71. The van der Waals surface area contributed by atoms with Crippen LogP contribution in [0.2, 0.25) is 0 Å². The summed E-state index contributed by atoms with van der Waals surface area (Å²) in [6, 6.07) is 0. The molecule has 0 radical (unpaired) electrons. The van der Waals surface area contributed by atoms with E-state index in [1.54, 1.807) is 0 Å². The molecule has 0 heterocycles. The summed E-state index contributed by atoms with van der Waals surface area (Å²) in [6.07, 6.45) is 6.67. The third-order valence-corrected chi connectivity index (χ3v) is 6.10. The van der Waals surface area contributed by atoms with Crippen LogP contribution in [0.1, 0.15) is 52.4 Å². The number of aliphatic hydroxyl groups is 1. The molecule has 0 amide bonds. The minimum atomic E-state index is -0.0327. The molecule has 17 heavy (non-hydrogen) atoms. The Morgan fingerprint density at radius 3 is 2.59 bits per heavy atom. The van der Waals surface area contributed by atoms with Crippen LogP contribution in [0.3, 0.4) is 0 Å². The zero-order valence-electron chi connectivity index (χ0n) is 11.0. The van der Waals surface area contributed by atoms with Gasteiger partial charge in [-0.1, -0.05) is 20.3 Å². The van der Waals surface area contributed by atoms with Crippen LogP contribution in [0.25, 0.3) is 0 Å². The summed E-state index contributed by atoms with van der Waals surface area (Å²) >= 11 is 0. The third-order valence-electron chi connectivity index (χ3n) is 6.10. The van der Waals surface area contributed by atoms with E-state index in [1.165, 1.54) is 19.3 Å². The molecule has 3 saturated carbocycles. The Kier molecular flexibility index (Phi) is 2.46. The number of hydrogen-bond donors (Lipinski definition) is 1. The standard InChI is InChI=1S/C15H24O2/c1-3-4-14(2)13(17)8-12(15(14)5-6-15)11-7-10(11)9-16/h10-12,16H,3-9H2,1-2H3/t10-,11?,12-,14+/m1/s1. The van der Waals surface area contributed by atoms with Crippen LogP contribution in [0.4, 0.5) is 0 Å². The Hall–Kier alpha value is -0.370. The minimum Gasteiger partial charge on any atom is -0.396 e. The van der Waals surface area contributed by atoms with Crippen LogP contribution >= 0.6 is 0 Å². The Morgan fingerprint density at radius 2 is 2.12 bits per heavy atom. The molecule has 0 aromatic carbocycles. The first-order chi connectivity index (χ1) is 8.09. The predicted molar refractivity (Wildman–Crippen MR) is 66.5 cm³/mol. The van der Waals surface area contributed by atoms with Crippen LogP contribution in [-0.2, 0) is 4.79 Å². The number of rotatable bonds is 4. The highest BCUT2D eigenvalue weighted by atomic mass is 16.3. The van der Waals surface area contributed by atoms with E-state index in [0.29, 0.717) is 35.6 Å². The maximum absolute atomic E-state index is 12.4. The molecule has 0 aliphatic heterocycles. The van der Waals surface area contributed by atoms with E-state index < -0.39 is 0 Å². The Labute approximate surface area is 104 Å². The summed E-state index contributed by atoms with van der Waals surface area (Å²) in [7, 11) is 0. The van der Waals surface area contributed by atoms with Gasteiger partial charge in [0.05, 0.1) is 0 Å². The normalized spacial score (nSPS) is 46.5. The lowest BCUT2D eigenvalue weighted by Gasteiger charge is -2.33. The first kappa shape index (κ1) is 11.7. The van der Waals surface area contributed by atoms with Gasteiger partial charge in [-0.05, 0) is 48.9 Å². The molecule has 0 bridgehead atoms. The minimum absolute atomic E-state index is 0.0327. The Morgan fingerprint density at radius 1 is 1.41 bits per heavy atom. The summed E-state index contributed by atoms with van der Waals surface area (Å²) in [6.45, 7) is 4.74. The number of Topliss-reactive ketones (excluding diaryl/α,β-unsaturated/α-hetero) is 1. The molecule has 1 N–H and O–H groups in total. The quantitative estimate of drug-likeness (QED) is 0.815. The molecule has 3 aliphatic carbocycles. The van der Waals surface area contributed by atoms with Crippen molar-refractivity contribution in [3.63, 3.8) is 0 Å². The van der Waals surface area contributed by atoms with Gasteiger partial charge in [0, 0.05) is 18.4 Å². The van der Waals surface area contributed by atoms with Gasteiger partial charge in [0.25, 0.3) is 0 Å². The number of hydrogen-bond acceptors (Lipinski definition) is 2. The summed E-state index contributed by atoms with van der Waals surface area (Å²) in [5.41, 5.74) is 0.309. The van der Waals surface area contributed by atoms with Gasteiger partial charge >= 0.3 is 0 Å². The molecule has 3 rings (SSSR count). The second kappa shape index (κ2) is 3.57. The predicted octanol–water partition coefficient (Wildman–Crippen LogP) is 2.79. The van der Waals surface area contributed by atoms with Gasteiger partial charge in [0.15, 0.2) is 0 Å². The maximum atomic E-state index is 12.4. The van der Waals surface area contributed by atoms with Crippen LogP contribution in [-0.4, -0.2) is 17.5 Å². The van der Waals surface area contributed by atoms with Crippen LogP contribution in [0.5, 0.6) is 0 Å². The van der Waals surface area contributed by atoms with Crippen molar-refractivity contribution in [2.24, 2.45) is 28.6 Å². The van der Waals surface area contributed by atoms with Gasteiger partial charge < -0.3 is 5.11 Å². The number of carbonyl (C=O) groups is 1. The SMILES string of the molecule is CCC[C@@]1(C)C(=O)C[C@H](C2C[C@@H]2CO)C12CC2. The van der Waals surface area contributed by atoms with Gasteiger partial charge in [0.1, 0.15) is 5.78 Å². The molecule has 0 aromatic heterocycles. The molecule has 3 fully saturated rings. The fraction of sp³-hybridized carbons (Fsp3) is 0.933. The second-order valence-electron chi connectivity index (χ2n) is 6.81. The summed E-state index contributed by atoms with van der Waals surface area (Å²) in [5.74, 6) is 2.29. The maximum Gasteiger partial charge on any atom is 0.139 e. The number of carbonyl (C=O) groups excluding carboxylic acids is 1. The average Bonchev–Trinajstić information content (AvgIpc) is 3.18. The van der Waals surface area contributed by atoms with Crippen molar-refractivity contribution in [1.82, 2.24) is 0 Å². The van der Waals surface area contributed by atoms with Gasteiger partial charge in [-0.15, -0.1) is 0 Å². The fourth-order valence-corrected chi connectivity index (χ4v) is 4.79. The topological polar surface area (TPSA) is 37.3 Å². The zero-order valence-corrected chi connectivity index (χ0v) is 11.0. The van der Waals surface area contributed by atoms with Crippen molar-refractivity contribution in [3.8, 4) is 0 Å². The van der Waals surface area contributed by atoms with E-state index in [-0.39, 0.29) is 5.41 Å². The highest BCUT2D eigenvalue weighted by molar-refractivity contribution is 5.89. The van der Waals surface area contributed by atoms with E-state index >= 15 is 0 Å². The molecule has 2 nitrogen and oxygen atoms in total. The highest BCUT2D eigenvalue weighted by Crippen LogP contribution is 2.74. The van der Waals surface area contributed by atoms with Gasteiger partial charge in [0.2, 0.25) is 0 Å². The van der Waals surface area contributed by atoms with Gasteiger partial charge in [-0.2, -0.15) is 0 Å². The van der Waals surface area contributed by atoms with Crippen LogP contribution in [0, 0.1) is 28.6 Å².